The van der Waals surface area contributed by atoms with Crippen LogP contribution in [-0.4, -0.2) is 11.9 Å². The molecule has 2 aliphatic heterocycles. The van der Waals surface area contributed by atoms with Gasteiger partial charge in [-0.05, 0) is 42.2 Å². The number of dihydropyridines is 1. The topological polar surface area (TPSA) is 57.0 Å². The first-order chi connectivity index (χ1) is 13.3. The molecule has 27 heavy (non-hydrogen) atoms. The molecular weight excluding hydrogens is 336 g/mol. The number of carbonyl (C=O) groups is 1. The van der Waals surface area contributed by atoms with E-state index in [-0.39, 0.29) is 11.9 Å². The lowest BCUT2D eigenvalue weighted by molar-refractivity contribution is -0.705. The van der Waals surface area contributed by atoms with Crippen LogP contribution in [0.1, 0.15) is 23.0 Å². The first-order valence-corrected chi connectivity index (χ1v) is 9.27. The van der Waals surface area contributed by atoms with Crippen LogP contribution >= 0.6 is 0 Å². The maximum atomic E-state index is 13.1. The van der Waals surface area contributed by atoms with Crippen LogP contribution < -0.4 is 20.5 Å². The van der Waals surface area contributed by atoms with E-state index in [1.807, 2.05) is 53.5 Å². The minimum Gasteiger partial charge on any atom is -0.368 e. The van der Waals surface area contributed by atoms with E-state index in [1.54, 1.807) is 0 Å². The molecule has 1 aromatic carbocycles. The van der Waals surface area contributed by atoms with E-state index in [0.29, 0.717) is 0 Å². The smallest absolute Gasteiger partial charge is 0.311 e. The van der Waals surface area contributed by atoms with E-state index in [1.165, 1.54) is 11.1 Å². The van der Waals surface area contributed by atoms with E-state index >= 15 is 0 Å². The predicted octanol–water partition coefficient (Wildman–Crippen LogP) is 1.70. The van der Waals surface area contributed by atoms with E-state index < -0.39 is 6.17 Å². The second-order valence-corrected chi connectivity index (χ2v) is 7.09. The number of amides is 1. The Hall–Kier alpha value is -3.34. The van der Waals surface area contributed by atoms with Crippen molar-refractivity contribution in [2.24, 2.45) is 0 Å². The number of hydrogen-bond donors (Lipinski definition) is 3. The number of allylic oxidation sites excluding steroid dienone is 3. The third kappa shape index (κ3) is 2.81. The molecule has 5 nitrogen and oxygen atoms in total. The second kappa shape index (κ2) is 6.43. The lowest BCUT2D eigenvalue weighted by Gasteiger charge is -2.14. The lowest BCUT2D eigenvalue weighted by atomic mass is 10.1. The Balaban J connectivity index is 1.39. The van der Waals surface area contributed by atoms with Crippen molar-refractivity contribution in [1.82, 2.24) is 16.0 Å². The molecule has 0 bridgehead atoms. The SMILES string of the molecule is O=C(NC1Cc2ccccc2C1)C1NC(=C2C=CNC=C2)c2cccc[n+]21. The van der Waals surface area contributed by atoms with Crippen molar-refractivity contribution in [2.45, 2.75) is 25.0 Å². The van der Waals surface area contributed by atoms with Gasteiger partial charge in [0.05, 0.1) is 0 Å². The molecule has 0 radical (unpaired) electrons. The van der Waals surface area contributed by atoms with Crippen molar-refractivity contribution in [1.29, 1.82) is 0 Å². The number of carbonyl (C=O) groups excluding carboxylic acids is 1. The van der Waals surface area contributed by atoms with Crippen molar-refractivity contribution in [2.75, 3.05) is 0 Å². The average molecular weight is 357 g/mol. The quantitative estimate of drug-likeness (QED) is 0.717. The molecule has 0 saturated carbocycles. The van der Waals surface area contributed by atoms with Crippen LogP contribution in [0.4, 0.5) is 0 Å². The largest absolute Gasteiger partial charge is 0.368 e. The number of aromatic nitrogens is 1. The third-order valence-corrected chi connectivity index (χ3v) is 5.36. The molecule has 3 heterocycles. The Bertz CT molecular complexity index is 966. The van der Waals surface area contributed by atoms with Crippen LogP contribution in [0.25, 0.3) is 5.70 Å². The number of fused-ring (bicyclic) bond motifs is 2. The summed E-state index contributed by atoms with van der Waals surface area (Å²) in [6, 6.07) is 14.6. The second-order valence-electron chi connectivity index (χ2n) is 7.09. The number of rotatable bonds is 2. The predicted molar refractivity (Wildman–Crippen MR) is 103 cm³/mol. The summed E-state index contributed by atoms with van der Waals surface area (Å²) < 4.78 is 2.00. The summed E-state index contributed by atoms with van der Waals surface area (Å²) >= 11 is 0. The molecule has 1 aliphatic carbocycles. The summed E-state index contributed by atoms with van der Waals surface area (Å²) in [5.41, 5.74) is 5.71. The fraction of sp³-hybridized carbons (Fsp3) is 0.182. The maximum Gasteiger partial charge on any atom is 0.311 e. The highest BCUT2D eigenvalue weighted by atomic mass is 16.2. The van der Waals surface area contributed by atoms with Crippen LogP contribution in [-0.2, 0) is 17.6 Å². The van der Waals surface area contributed by atoms with E-state index in [2.05, 4.69) is 40.2 Å². The van der Waals surface area contributed by atoms with E-state index in [4.69, 9.17) is 0 Å². The maximum absolute atomic E-state index is 13.1. The Kier molecular flexibility index (Phi) is 3.78. The van der Waals surface area contributed by atoms with E-state index in [9.17, 15) is 4.79 Å². The van der Waals surface area contributed by atoms with Crippen LogP contribution in [0.5, 0.6) is 0 Å². The van der Waals surface area contributed by atoms with Gasteiger partial charge in [-0.15, -0.1) is 0 Å². The van der Waals surface area contributed by atoms with Gasteiger partial charge in [0.2, 0.25) is 5.69 Å². The first kappa shape index (κ1) is 15.9. The zero-order valence-corrected chi connectivity index (χ0v) is 14.9. The number of nitrogens with zero attached hydrogens (tertiary/aromatic N) is 1. The van der Waals surface area contributed by atoms with Gasteiger partial charge in [0.15, 0.2) is 6.20 Å². The van der Waals surface area contributed by atoms with Gasteiger partial charge >= 0.3 is 12.1 Å². The van der Waals surface area contributed by atoms with Gasteiger partial charge < -0.3 is 16.0 Å². The number of pyridine rings is 1. The highest BCUT2D eigenvalue weighted by molar-refractivity contribution is 5.83. The zero-order valence-electron chi connectivity index (χ0n) is 14.9. The molecule has 134 valence electrons. The summed E-state index contributed by atoms with van der Waals surface area (Å²) in [5.74, 6) is 0.00255. The molecule has 5 heteroatoms. The summed E-state index contributed by atoms with van der Waals surface area (Å²) in [5, 5.41) is 9.70. The first-order valence-electron chi connectivity index (χ1n) is 9.27. The van der Waals surface area contributed by atoms with Crippen LogP contribution in [0.3, 0.4) is 0 Å². The number of hydrogen-bond acceptors (Lipinski definition) is 3. The van der Waals surface area contributed by atoms with E-state index in [0.717, 1.165) is 29.8 Å². The third-order valence-electron chi connectivity index (χ3n) is 5.36. The van der Waals surface area contributed by atoms with Gasteiger partial charge in [-0.2, -0.15) is 4.57 Å². The van der Waals surface area contributed by atoms with Crippen molar-refractivity contribution in [3.8, 4) is 0 Å². The molecule has 0 fully saturated rings. The Morgan fingerprint density at radius 3 is 2.44 bits per heavy atom. The molecule has 2 aromatic rings. The molecule has 0 saturated heterocycles. The Labute approximate surface area is 158 Å². The minimum atomic E-state index is -0.441. The summed E-state index contributed by atoms with van der Waals surface area (Å²) in [6.45, 7) is 0. The van der Waals surface area contributed by atoms with Gasteiger partial charge in [0.1, 0.15) is 5.70 Å². The molecule has 1 unspecified atom stereocenters. The molecular formula is C22H21N4O+. The molecule has 1 amide bonds. The highest BCUT2D eigenvalue weighted by Crippen LogP contribution is 2.25. The van der Waals surface area contributed by atoms with Crippen LogP contribution in [0.2, 0.25) is 0 Å². The van der Waals surface area contributed by atoms with Crippen molar-refractivity contribution < 1.29 is 9.36 Å². The van der Waals surface area contributed by atoms with Crippen molar-refractivity contribution >= 4 is 11.6 Å². The van der Waals surface area contributed by atoms with Crippen LogP contribution in [0.15, 0.2) is 78.8 Å². The molecule has 1 aromatic heterocycles. The monoisotopic (exact) mass is 357 g/mol. The van der Waals surface area contributed by atoms with Gasteiger partial charge in [0.25, 0.3) is 0 Å². The molecule has 1 atom stereocenters. The molecule has 3 aliphatic rings. The molecule has 0 spiro atoms. The molecule has 3 N–H and O–H groups in total. The van der Waals surface area contributed by atoms with Crippen molar-refractivity contribution in [3.05, 3.63) is 95.6 Å². The summed E-state index contributed by atoms with van der Waals surface area (Å²) in [7, 11) is 0. The fourth-order valence-electron chi connectivity index (χ4n) is 4.09. The zero-order chi connectivity index (χ0) is 18.2. The van der Waals surface area contributed by atoms with Gasteiger partial charge in [-0.3, -0.25) is 4.79 Å². The number of nitrogens with one attached hydrogen (secondary N) is 3. The number of benzene rings is 1. The minimum absolute atomic E-state index is 0.00255. The standard InChI is InChI=1S/C22H20N4O/c27-22(24-18-13-16-5-1-2-6-17(16)14-18)21-25-20(15-8-10-23-11-9-15)19-7-3-4-12-26(19)21/h1-12,18,21,25H,13-14H2,(H,24,27)/p+1. The highest BCUT2D eigenvalue weighted by Gasteiger charge is 2.40. The Morgan fingerprint density at radius 1 is 1.00 bits per heavy atom. The summed E-state index contributed by atoms with van der Waals surface area (Å²) in [6.07, 6.45) is 11.1. The normalized spacial score (nSPS) is 20.1. The van der Waals surface area contributed by atoms with Crippen LogP contribution in [0, 0.1) is 0 Å². The molecule has 5 rings (SSSR count). The summed E-state index contributed by atoms with van der Waals surface area (Å²) in [4.78, 5) is 13.1. The van der Waals surface area contributed by atoms with Gasteiger partial charge in [-0.1, -0.05) is 24.3 Å². The lowest BCUT2D eigenvalue weighted by Crippen LogP contribution is -2.52. The average Bonchev–Trinajstić information content (AvgIpc) is 3.29. The fourth-order valence-corrected chi connectivity index (χ4v) is 4.09. The Morgan fingerprint density at radius 2 is 1.70 bits per heavy atom. The van der Waals surface area contributed by atoms with Crippen molar-refractivity contribution in [3.63, 3.8) is 0 Å². The van der Waals surface area contributed by atoms with Gasteiger partial charge in [0, 0.05) is 36.1 Å². The van der Waals surface area contributed by atoms with Gasteiger partial charge in [-0.25, -0.2) is 0 Å².